The van der Waals surface area contributed by atoms with Gasteiger partial charge in [-0.1, -0.05) is 106 Å². The number of halogens is 1. The van der Waals surface area contributed by atoms with Crippen molar-refractivity contribution in [1.29, 1.82) is 0 Å². The first kappa shape index (κ1) is 40.8. The fraction of sp³-hybridized carbons (Fsp3) is 0.579. The molecule has 2 aliphatic rings. The monoisotopic (exact) mass is 829 g/mol. The van der Waals surface area contributed by atoms with E-state index in [9.17, 15) is 28.8 Å². The number of amides is 5. The van der Waals surface area contributed by atoms with Crippen molar-refractivity contribution in [2.75, 3.05) is 6.54 Å². The van der Waals surface area contributed by atoms with Crippen molar-refractivity contribution in [2.24, 2.45) is 11.3 Å². The number of hydrogen-bond acceptors (Lipinski definition) is 8. The molecule has 0 radical (unpaired) electrons. The predicted molar refractivity (Wildman–Crippen MR) is 204 cm³/mol. The predicted octanol–water partition coefficient (Wildman–Crippen LogP) is 3.82. The smallest absolute Gasteiger partial charge is 0.290 e. The Labute approximate surface area is 319 Å². The average molecular weight is 830 g/mol. The lowest BCUT2D eigenvalue weighted by atomic mass is 9.82. The Morgan fingerprint density at radius 3 is 2.23 bits per heavy atom. The molecule has 1 unspecified atom stereocenters. The normalized spacial score (nSPS) is 20.2. The largest absolute Gasteiger partial charge is 0.344 e. The molecule has 282 valence electrons. The summed E-state index contributed by atoms with van der Waals surface area (Å²) in [5, 5.41) is 11.4. The van der Waals surface area contributed by atoms with Gasteiger partial charge in [-0.25, -0.2) is 4.98 Å². The van der Waals surface area contributed by atoms with Crippen LogP contribution in [0.1, 0.15) is 108 Å². The standard InChI is InChI=1S/C38H52IN7O6/c1-6-13-27(31(47)36(51)42-23(2)24-14-9-7-10-15-24)43-35(50)30-26(39)18-21-46(30)37(52)32(38(3,4)5)45-34(49)29(25-16-11-8-12-17-25)44-33(48)28-22-40-19-20-41-28/h7,9-10,14-15,19-20,22-23,25-27,29-30,32H,6,8,11-13,16-18,21H2,1-5H3,(H,42,51)(H,43,50)(H,44,48)(H,45,49)/t23-,26-,27?,29-,30-,32+/m0/s1. The number of nitrogens with one attached hydrogen (secondary N) is 4. The molecule has 1 saturated heterocycles. The van der Waals surface area contributed by atoms with E-state index in [4.69, 9.17) is 0 Å². The zero-order valence-electron chi connectivity index (χ0n) is 30.7. The summed E-state index contributed by atoms with van der Waals surface area (Å²) in [5.74, 6) is -3.65. The lowest BCUT2D eigenvalue weighted by Gasteiger charge is -2.38. The van der Waals surface area contributed by atoms with Gasteiger partial charge in [-0.2, -0.15) is 0 Å². The van der Waals surface area contributed by atoms with Crippen molar-refractivity contribution in [3.05, 3.63) is 60.2 Å². The topological polar surface area (TPSA) is 180 Å². The molecular weight excluding hydrogens is 777 g/mol. The Kier molecular flexibility index (Phi) is 14.7. The number of aromatic nitrogens is 2. The van der Waals surface area contributed by atoms with Gasteiger partial charge in [-0.3, -0.25) is 33.8 Å². The third kappa shape index (κ3) is 10.6. The molecule has 5 amide bonds. The van der Waals surface area contributed by atoms with Crippen LogP contribution in [0.25, 0.3) is 0 Å². The van der Waals surface area contributed by atoms with Gasteiger partial charge >= 0.3 is 0 Å². The molecule has 6 atom stereocenters. The van der Waals surface area contributed by atoms with E-state index < -0.39 is 70.9 Å². The molecule has 2 aromatic rings. The van der Waals surface area contributed by atoms with Gasteiger partial charge < -0.3 is 26.2 Å². The summed E-state index contributed by atoms with van der Waals surface area (Å²) in [6, 6.07) is 4.90. The number of ketones is 1. The Balaban J connectivity index is 1.50. The van der Waals surface area contributed by atoms with Crippen molar-refractivity contribution < 1.29 is 28.8 Å². The molecule has 4 N–H and O–H groups in total. The van der Waals surface area contributed by atoms with Gasteiger partial charge in [-0.05, 0) is 49.5 Å². The van der Waals surface area contributed by atoms with Gasteiger partial charge in [0.1, 0.15) is 23.8 Å². The minimum Gasteiger partial charge on any atom is -0.344 e. The first-order valence-corrected chi connectivity index (χ1v) is 19.5. The van der Waals surface area contributed by atoms with Gasteiger partial charge in [0.05, 0.1) is 18.3 Å². The van der Waals surface area contributed by atoms with Crippen molar-refractivity contribution in [3.8, 4) is 0 Å². The maximum Gasteiger partial charge on any atom is 0.290 e. The van der Waals surface area contributed by atoms with Crippen molar-refractivity contribution in [1.82, 2.24) is 36.1 Å². The minimum absolute atomic E-state index is 0.0848. The number of nitrogens with zero attached hydrogens (tertiary/aromatic N) is 3. The van der Waals surface area contributed by atoms with Gasteiger partial charge in [-0.15, -0.1) is 0 Å². The Morgan fingerprint density at radius 2 is 1.62 bits per heavy atom. The second kappa shape index (κ2) is 18.7. The van der Waals surface area contributed by atoms with Crippen LogP contribution in [0.15, 0.2) is 48.9 Å². The molecule has 1 aromatic heterocycles. The van der Waals surface area contributed by atoms with Crippen LogP contribution in [-0.2, 0) is 24.0 Å². The quantitative estimate of drug-likeness (QED) is 0.126. The van der Waals surface area contributed by atoms with Crippen LogP contribution in [0.5, 0.6) is 0 Å². The second-order valence-corrected chi connectivity index (χ2v) is 16.4. The van der Waals surface area contributed by atoms with E-state index in [-0.39, 0.29) is 28.5 Å². The van der Waals surface area contributed by atoms with Crippen LogP contribution in [0, 0.1) is 11.3 Å². The molecule has 52 heavy (non-hydrogen) atoms. The maximum atomic E-state index is 14.4. The number of alkyl halides is 1. The Morgan fingerprint density at radius 1 is 0.923 bits per heavy atom. The molecule has 1 aliphatic carbocycles. The van der Waals surface area contributed by atoms with Crippen LogP contribution >= 0.6 is 22.6 Å². The molecule has 0 spiro atoms. The highest BCUT2D eigenvalue weighted by Crippen LogP contribution is 2.31. The SMILES string of the molecule is CCCC(NC(=O)[C@@H]1[C@@H](I)CCN1C(=O)[C@@H](NC(=O)[C@@H](NC(=O)c1cnccn1)C1CCCCC1)C(C)(C)C)C(=O)C(=O)N[C@@H](C)c1ccccc1. The molecule has 14 heteroatoms. The van der Waals surface area contributed by atoms with Gasteiger partial charge in [0.25, 0.3) is 11.8 Å². The number of hydrogen-bond donors (Lipinski definition) is 4. The molecule has 2 heterocycles. The molecule has 2 fully saturated rings. The van der Waals surface area contributed by atoms with E-state index in [0.29, 0.717) is 12.8 Å². The van der Waals surface area contributed by atoms with Crippen molar-refractivity contribution in [2.45, 2.75) is 120 Å². The molecule has 4 rings (SSSR count). The first-order valence-electron chi connectivity index (χ1n) is 18.2. The van der Waals surface area contributed by atoms with E-state index in [1.165, 1.54) is 23.5 Å². The zero-order chi connectivity index (χ0) is 38.0. The molecule has 1 aliphatic heterocycles. The highest BCUT2D eigenvalue weighted by molar-refractivity contribution is 14.1. The average Bonchev–Trinajstić information content (AvgIpc) is 3.53. The second-order valence-electron chi connectivity index (χ2n) is 14.8. The van der Waals surface area contributed by atoms with E-state index >= 15 is 0 Å². The highest BCUT2D eigenvalue weighted by Gasteiger charge is 2.47. The fourth-order valence-electron chi connectivity index (χ4n) is 6.92. The Bertz CT molecular complexity index is 1560. The number of carbonyl (C=O) groups excluding carboxylic acids is 6. The minimum atomic E-state index is -1.08. The van der Waals surface area contributed by atoms with Crippen LogP contribution in [0.4, 0.5) is 0 Å². The van der Waals surface area contributed by atoms with Gasteiger partial charge in [0.2, 0.25) is 23.5 Å². The highest BCUT2D eigenvalue weighted by atomic mass is 127. The summed E-state index contributed by atoms with van der Waals surface area (Å²) in [6.45, 7) is 9.41. The van der Waals surface area contributed by atoms with Crippen molar-refractivity contribution >= 4 is 57.9 Å². The maximum absolute atomic E-state index is 14.4. The van der Waals surface area contributed by atoms with Crippen LogP contribution in [0.3, 0.4) is 0 Å². The van der Waals surface area contributed by atoms with E-state index in [2.05, 4.69) is 53.8 Å². The number of likely N-dealkylation sites (tertiary alicyclic amines) is 1. The summed E-state index contributed by atoms with van der Waals surface area (Å²) < 4.78 is -0.275. The zero-order valence-corrected chi connectivity index (χ0v) is 32.9. The van der Waals surface area contributed by atoms with Crippen LogP contribution in [0.2, 0.25) is 0 Å². The molecule has 1 saturated carbocycles. The number of Topliss-reactive ketones (excluding diaryl/α,β-unsaturated/α-hetero) is 1. The molecule has 1 aromatic carbocycles. The number of carbonyl (C=O) groups is 6. The van der Waals surface area contributed by atoms with Crippen LogP contribution in [-0.4, -0.2) is 84.8 Å². The summed E-state index contributed by atoms with van der Waals surface area (Å²) >= 11 is 2.14. The number of benzene rings is 1. The van der Waals surface area contributed by atoms with Crippen LogP contribution < -0.4 is 21.3 Å². The van der Waals surface area contributed by atoms with E-state index in [0.717, 1.165) is 37.7 Å². The van der Waals surface area contributed by atoms with Gasteiger partial charge in [0, 0.05) is 22.9 Å². The third-order valence-electron chi connectivity index (χ3n) is 9.84. The van der Waals surface area contributed by atoms with Crippen molar-refractivity contribution in [3.63, 3.8) is 0 Å². The third-order valence-corrected chi connectivity index (χ3v) is 11.1. The van der Waals surface area contributed by atoms with E-state index in [1.807, 2.05) is 58.0 Å². The van der Waals surface area contributed by atoms with Gasteiger partial charge in [0.15, 0.2) is 0 Å². The lowest BCUT2D eigenvalue weighted by molar-refractivity contribution is -0.145. The molecule has 13 nitrogen and oxygen atoms in total. The first-order chi connectivity index (χ1) is 24.7. The number of rotatable bonds is 14. The van der Waals surface area contributed by atoms with E-state index in [1.54, 1.807) is 6.92 Å². The fourth-order valence-corrected chi connectivity index (χ4v) is 7.91. The molecule has 0 bridgehead atoms. The Hall–Kier alpha value is -3.95. The summed E-state index contributed by atoms with van der Waals surface area (Å²) in [4.78, 5) is 91.6. The summed E-state index contributed by atoms with van der Waals surface area (Å²) in [6.07, 6.45) is 9.89. The summed E-state index contributed by atoms with van der Waals surface area (Å²) in [5.41, 5.74) is 0.157. The lowest BCUT2D eigenvalue weighted by Crippen LogP contribution is -2.62. The summed E-state index contributed by atoms with van der Waals surface area (Å²) in [7, 11) is 0. The molecular formula is C38H52IN7O6.